The Labute approximate surface area is 168 Å². The zero-order chi connectivity index (χ0) is 19.0. The number of piperazine rings is 1. The summed E-state index contributed by atoms with van der Waals surface area (Å²) in [5.41, 5.74) is 3.64. The van der Waals surface area contributed by atoms with Gasteiger partial charge in [0.05, 0.1) is 5.39 Å². The number of hydrogen-bond donors (Lipinski definition) is 0. The highest BCUT2D eigenvalue weighted by molar-refractivity contribution is 9.10. The molecule has 6 nitrogen and oxygen atoms in total. The summed E-state index contributed by atoms with van der Waals surface area (Å²) in [5.74, 6) is 1.56. The van der Waals surface area contributed by atoms with Crippen LogP contribution in [-0.2, 0) is 13.6 Å². The lowest BCUT2D eigenvalue weighted by Crippen LogP contribution is -2.46. The molecule has 0 bridgehead atoms. The summed E-state index contributed by atoms with van der Waals surface area (Å²) in [4.78, 5) is 13.8. The topological polar surface area (TPSA) is 50.1 Å². The number of aromatic nitrogens is 4. The lowest BCUT2D eigenvalue weighted by molar-refractivity contribution is 0.249. The summed E-state index contributed by atoms with van der Waals surface area (Å²) in [7, 11) is 1.91. The van der Waals surface area contributed by atoms with Crippen molar-refractivity contribution in [3.05, 3.63) is 46.3 Å². The van der Waals surface area contributed by atoms with Crippen molar-refractivity contribution in [1.29, 1.82) is 0 Å². The third-order valence-electron chi connectivity index (χ3n) is 5.28. The highest BCUT2D eigenvalue weighted by Gasteiger charge is 2.22. The number of anilines is 1. The molecule has 3 aromatic rings. The van der Waals surface area contributed by atoms with Gasteiger partial charge in [0.15, 0.2) is 5.65 Å². The summed E-state index contributed by atoms with van der Waals surface area (Å²) in [6.07, 6.45) is 1.63. The standard InChI is InChI=1S/C20H25BrN6/c1-14(2)16-6-4-15(5-7-16)12-26-8-10-27(11-9-26)20-17-18(21)24-25(3)19(17)22-13-23-20/h4-7,13-14H,8-12H2,1-3H3. The molecule has 0 aliphatic carbocycles. The molecule has 0 saturated carbocycles. The maximum Gasteiger partial charge on any atom is 0.164 e. The molecule has 4 rings (SSSR count). The summed E-state index contributed by atoms with van der Waals surface area (Å²) in [5, 5.41) is 5.43. The quantitative estimate of drug-likeness (QED) is 0.635. The molecule has 1 saturated heterocycles. The maximum absolute atomic E-state index is 4.55. The van der Waals surface area contributed by atoms with Gasteiger partial charge in [0.2, 0.25) is 0 Å². The van der Waals surface area contributed by atoms with Crippen molar-refractivity contribution in [2.24, 2.45) is 7.05 Å². The van der Waals surface area contributed by atoms with Crippen LogP contribution in [0.25, 0.3) is 11.0 Å². The second kappa shape index (κ2) is 7.56. The fourth-order valence-corrected chi connectivity index (χ4v) is 4.24. The first-order valence-electron chi connectivity index (χ1n) is 9.42. The van der Waals surface area contributed by atoms with Crippen LogP contribution in [0.15, 0.2) is 35.2 Å². The first-order chi connectivity index (χ1) is 13.0. The largest absolute Gasteiger partial charge is 0.353 e. The molecule has 1 fully saturated rings. The average molecular weight is 429 g/mol. The third kappa shape index (κ3) is 3.71. The first kappa shape index (κ1) is 18.4. The van der Waals surface area contributed by atoms with E-state index in [-0.39, 0.29) is 0 Å². The van der Waals surface area contributed by atoms with Crippen LogP contribution >= 0.6 is 15.9 Å². The van der Waals surface area contributed by atoms with Gasteiger partial charge < -0.3 is 4.90 Å². The van der Waals surface area contributed by atoms with E-state index in [0.717, 1.165) is 54.2 Å². The van der Waals surface area contributed by atoms with E-state index in [1.54, 1.807) is 11.0 Å². The molecule has 0 unspecified atom stereocenters. The lowest BCUT2D eigenvalue weighted by Gasteiger charge is -2.35. The summed E-state index contributed by atoms with van der Waals surface area (Å²) >= 11 is 3.56. The van der Waals surface area contributed by atoms with Crippen LogP contribution in [0.1, 0.15) is 30.9 Å². The zero-order valence-electron chi connectivity index (χ0n) is 16.1. The van der Waals surface area contributed by atoms with Crippen LogP contribution in [0.3, 0.4) is 0 Å². The minimum atomic E-state index is 0.582. The molecule has 3 heterocycles. The fourth-order valence-electron chi connectivity index (χ4n) is 3.65. The van der Waals surface area contributed by atoms with E-state index in [1.165, 1.54) is 11.1 Å². The summed E-state index contributed by atoms with van der Waals surface area (Å²) < 4.78 is 2.60. The Hall–Kier alpha value is -1.99. The van der Waals surface area contributed by atoms with E-state index >= 15 is 0 Å². The second-order valence-electron chi connectivity index (χ2n) is 7.47. The van der Waals surface area contributed by atoms with Gasteiger partial charge in [-0.25, -0.2) is 14.6 Å². The minimum absolute atomic E-state index is 0.582. The second-order valence-corrected chi connectivity index (χ2v) is 8.22. The molecule has 0 N–H and O–H groups in total. The average Bonchev–Trinajstić information content (AvgIpc) is 2.97. The number of nitrogens with zero attached hydrogens (tertiary/aromatic N) is 6. The molecular formula is C20H25BrN6. The summed E-state index contributed by atoms with van der Waals surface area (Å²) in [6.45, 7) is 9.43. The van der Waals surface area contributed by atoms with Crippen LogP contribution in [0, 0.1) is 0 Å². The van der Waals surface area contributed by atoms with Crippen LogP contribution < -0.4 is 4.90 Å². The Kier molecular flexibility index (Phi) is 5.14. The number of rotatable bonds is 4. The number of benzene rings is 1. The van der Waals surface area contributed by atoms with Crippen LogP contribution in [-0.4, -0.2) is 50.8 Å². The molecule has 2 aromatic heterocycles. The van der Waals surface area contributed by atoms with Gasteiger partial charge in [-0.05, 0) is 33.0 Å². The predicted molar refractivity (Wildman–Crippen MR) is 112 cm³/mol. The van der Waals surface area contributed by atoms with Gasteiger partial charge >= 0.3 is 0 Å². The van der Waals surface area contributed by atoms with Gasteiger partial charge in [-0.2, -0.15) is 5.10 Å². The molecule has 0 spiro atoms. The van der Waals surface area contributed by atoms with E-state index in [2.05, 4.69) is 78.9 Å². The number of fused-ring (bicyclic) bond motifs is 1. The van der Waals surface area contributed by atoms with Crippen LogP contribution in [0.4, 0.5) is 5.82 Å². The summed E-state index contributed by atoms with van der Waals surface area (Å²) in [6, 6.07) is 9.05. The van der Waals surface area contributed by atoms with Gasteiger partial charge in [0.25, 0.3) is 0 Å². The molecule has 0 amide bonds. The fraction of sp³-hybridized carbons (Fsp3) is 0.450. The molecule has 27 heavy (non-hydrogen) atoms. The SMILES string of the molecule is CC(C)c1ccc(CN2CCN(c3ncnc4c3c(Br)nn4C)CC2)cc1. The zero-order valence-corrected chi connectivity index (χ0v) is 17.6. The number of aryl methyl sites for hydroxylation is 1. The highest BCUT2D eigenvalue weighted by atomic mass is 79.9. The molecule has 0 radical (unpaired) electrons. The van der Waals surface area contributed by atoms with Gasteiger partial charge in [-0.3, -0.25) is 4.90 Å². The maximum atomic E-state index is 4.55. The molecule has 1 aliphatic rings. The number of hydrogen-bond acceptors (Lipinski definition) is 5. The third-order valence-corrected chi connectivity index (χ3v) is 5.84. The van der Waals surface area contributed by atoms with E-state index < -0.39 is 0 Å². The van der Waals surface area contributed by atoms with Gasteiger partial charge in [-0.1, -0.05) is 38.1 Å². The van der Waals surface area contributed by atoms with E-state index in [9.17, 15) is 0 Å². The monoisotopic (exact) mass is 428 g/mol. The molecular weight excluding hydrogens is 404 g/mol. The van der Waals surface area contributed by atoms with Crippen LogP contribution in [0.5, 0.6) is 0 Å². The van der Waals surface area contributed by atoms with E-state index in [4.69, 9.17) is 0 Å². The molecule has 0 atom stereocenters. The van der Waals surface area contributed by atoms with Crippen LogP contribution in [0.2, 0.25) is 0 Å². The van der Waals surface area contributed by atoms with Crippen molar-refractivity contribution in [2.45, 2.75) is 26.3 Å². The van der Waals surface area contributed by atoms with Crippen molar-refractivity contribution < 1.29 is 0 Å². The van der Waals surface area contributed by atoms with Crippen molar-refractivity contribution in [3.8, 4) is 0 Å². The molecule has 7 heteroatoms. The molecule has 1 aromatic carbocycles. The van der Waals surface area contributed by atoms with Crippen molar-refractivity contribution in [3.63, 3.8) is 0 Å². The van der Waals surface area contributed by atoms with Gasteiger partial charge in [0.1, 0.15) is 16.7 Å². The molecule has 142 valence electrons. The van der Waals surface area contributed by atoms with Gasteiger partial charge in [0, 0.05) is 39.8 Å². The van der Waals surface area contributed by atoms with Crippen molar-refractivity contribution >= 4 is 32.8 Å². The van der Waals surface area contributed by atoms with E-state index in [0.29, 0.717) is 5.92 Å². The van der Waals surface area contributed by atoms with E-state index in [1.807, 2.05) is 7.05 Å². The number of halogens is 1. The predicted octanol–water partition coefficient (Wildman–Crippen LogP) is 3.57. The molecule has 1 aliphatic heterocycles. The normalized spacial score (nSPS) is 15.8. The van der Waals surface area contributed by atoms with Crippen molar-refractivity contribution in [1.82, 2.24) is 24.6 Å². The lowest BCUT2D eigenvalue weighted by atomic mass is 10.0. The Balaban J connectivity index is 1.43. The Bertz CT molecular complexity index is 926. The Morgan fingerprint density at radius 2 is 1.74 bits per heavy atom. The Morgan fingerprint density at radius 3 is 2.41 bits per heavy atom. The minimum Gasteiger partial charge on any atom is -0.353 e. The Morgan fingerprint density at radius 1 is 1.04 bits per heavy atom. The van der Waals surface area contributed by atoms with Gasteiger partial charge in [-0.15, -0.1) is 0 Å². The highest BCUT2D eigenvalue weighted by Crippen LogP contribution is 2.30. The first-order valence-corrected chi connectivity index (χ1v) is 10.2. The van der Waals surface area contributed by atoms with Crippen molar-refractivity contribution in [2.75, 3.05) is 31.1 Å². The smallest absolute Gasteiger partial charge is 0.164 e.